The number of para-hydroxylation sites is 1. The molecule has 0 saturated heterocycles. The molecular formula is C13H11N3. The van der Waals surface area contributed by atoms with E-state index in [0.717, 1.165) is 11.1 Å². The van der Waals surface area contributed by atoms with Gasteiger partial charge in [0.1, 0.15) is 0 Å². The van der Waals surface area contributed by atoms with Gasteiger partial charge in [-0.05, 0) is 11.6 Å². The zero-order chi connectivity index (χ0) is 10.8. The van der Waals surface area contributed by atoms with Crippen molar-refractivity contribution in [2.75, 3.05) is 0 Å². The molecule has 2 N–H and O–H groups in total. The van der Waals surface area contributed by atoms with E-state index in [4.69, 9.17) is 0 Å². The van der Waals surface area contributed by atoms with E-state index in [-0.39, 0.29) is 0 Å². The Labute approximate surface area is 92.8 Å². The number of aromatic nitrogens is 3. The first kappa shape index (κ1) is 8.97. The summed E-state index contributed by atoms with van der Waals surface area (Å²) in [6, 6.07) is 8.26. The number of rotatable bonds is 2. The average molecular weight is 209 g/mol. The molecule has 0 aliphatic carbocycles. The summed E-state index contributed by atoms with van der Waals surface area (Å²) in [5.74, 6) is 0. The number of nitrogens with zero attached hydrogens (tertiary/aromatic N) is 1. The van der Waals surface area contributed by atoms with Crippen LogP contribution in [0.4, 0.5) is 0 Å². The van der Waals surface area contributed by atoms with Crippen LogP contribution in [0.1, 0.15) is 11.1 Å². The summed E-state index contributed by atoms with van der Waals surface area (Å²) < 4.78 is 0. The molecular weight excluding hydrogens is 198 g/mol. The van der Waals surface area contributed by atoms with Gasteiger partial charge in [-0.15, -0.1) is 0 Å². The van der Waals surface area contributed by atoms with Crippen molar-refractivity contribution in [1.82, 2.24) is 15.2 Å². The van der Waals surface area contributed by atoms with Crippen molar-refractivity contribution in [3.63, 3.8) is 0 Å². The molecule has 2 heterocycles. The van der Waals surface area contributed by atoms with Crippen molar-refractivity contribution < 1.29 is 0 Å². The van der Waals surface area contributed by atoms with Crippen molar-refractivity contribution in [2.45, 2.75) is 0 Å². The number of benzene rings is 1. The Bertz CT molecular complexity index is 617. The summed E-state index contributed by atoms with van der Waals surface area (Å²) in [6.07, 6.45) is 9.81. The topological polar surface area (TPSA) is 44.5 Å². The third-order valence-electron chi connectivity index (χ3n) is 2.60. The third-order valence-corrected chi connectivity index (χ3v) is 2.60. The summed E-state index contributed by atoms with van der Waals surface area (Å²) in [7, 11) is 0. The van der Waals surface area contributed by atoms with E-state index >= 15 is 0 Å². The van der Waals surface area contributed by atoms with E-state index in [9.17, 15) is 0 Å². The smallest absolute Gasteiger partial charge is 0.0559 e. The fraction of sp³-hybridized carbons (Fsp3) is 0. The maximum absolute atomic E-state index is 3.90. The highest BCUT2D eigenvalue weighted by atomic mass is 15.1. The number of H-pyrrole nitrogens is 2. The van der Waals surface area contributed by atoms with Gasteiger partial charge in [-0.3, -0.25) is 5.10 Å². The molecule has 0 saturated carbocycles. The molecule has 1 aromatic carbocycles. The number of nitrogens with one attached hydrogen (secondary N) is 2. The van der Waals surface area contributed by atoms with Crippen molar-refractivity contribution in [1.29, 1.82) is 0 Å². The van der Waals surface area contributed by atoms with Crippen LogP contribution < -0.4 is 0 Å². The van der Waals surface area contributed by atoms with Gasteiger partial charge >= 0.3 is 0 Å². The summed E-state index contributed by atoms with van der Waals surface area (Å²) in [6.45, 7) is 0. The van der Waals surface area contributed by atoms with E-state index in [0.29, 0.717) is 0 Å². The zero-order valence-corrected chi connectivity index (χ0v) is 8.64. The monoisotopic (exact) mass is 209 g/mol. The van der Waals surface area contributed by atoms with Crippen molar-refractivity contribution in [3.05, 3.63) is 54.0 Å². The first-order chi connectivity index (χ1) is 7.93. The van der Waals surface area contributed by atoms with Gasteiger partial charge in [0.05, 0.1) is 6.20 Å². The molecule has 0 fully saturated rings. The molecule has 78 valence electrons. The van der Waals surface area contributed by atoms with Crippen LogP contribution in [0.25, 0.3) is 23.1 Å². The van der Waals surface area contributed by atoms with Gasteiger partial charge in [0.15, 0.2) is 0 Å². The normalized spacial score (nSPS) is 11.5. The lowest BCUT2D eigenvalue weighted by atomic mass is 10.1. The lowest BCUT2D eigenvalue weighted by molar-refractivity contribution is 1.09. The number of hydrogen-bond acceptors (Lipinski definition) is 1. The lowest BCUT2D eigenvalue weighted by Gasteiger charge is -1.90. The number of aromatic amines is 2. The molecule has 0 spiro atoms. The maximum Gasteiger partial charge on any atom is 0.0559 e. The van der Waals surface area contributed by atoms with Crippen LogP contribution in [-0.2, 0) is 0 Å². The fourth-order valence-corrected chi connectivity index (χ4v) is 1.77. The first-order valence-electron chi connectivity index (χ1n) is 5.16. The van der Waals surface area contributed by atoms with Gasteiger partial charge in [0.2, 0.25) is 0 Å². The molecule has 0 aliphatic heterocycles. The molecule has 0 aliphatic rings. The SMILES string of the molecule is C(=C\c1c[nH]c2ccccc12)/c1cn[nH]c1. The minimum atomic E-state index is 1.07. The van der Waals surface area contributed by atoms with Crippen LogP contribution in [0, 0.1) is 0 Å². The van der Waals surface area contributed by atoms with Gasteiger partial charge in [-0.1, -0.05) is 30.4 Å². The molecule has 0 radical (unpaired) electrons. The molecule has 3 nitrogen and oxygen atoms in total. The summed E-state index contributed by atoms with van der Waals surface area (Å²) in [5, 5.41) is 7.93. The molecule has 16 heavy (non-hydrogen) atoms. The summed E-state index contributed by atoms with van der Waals surface area (Å²) in [5.41, 5.74) is 3.43. The molecule has 0 bridgehead atoms. The largest absolute Gasteiger partial charge is 0.361 e. The molecule has 0 atom stereocenters. The first-order valence-corrected chi connectivity index (χ1v) is 5.16. The van der Waals surface area contributed by atoms with Gasteiger partial charge in [0.25, 0.3) is 0 Å². The van der Waals surface area contributed by atoms with Crippen molar-refractivity contribution in [2.24, 2.45) is 0 Å². The Morgan fingerprint density at radius 3 is 2.88 bits per heavy atom. The Hall–Kier alpha value is -2.29. The Balaban J connectivity index is 2.01. The zero-order valence-electron chi connectivity index (χ0n) is 8.64. The minimum Gasteiger partial charge on any atom is -0.361 e. The van der Waals surface area contributed by atoms with E-state index < -0.39 is 0 Å². The highest BCUT2D eigenvalue weighted by Crippen LogP contribution is 2.19. The van der Waals surface area contributed by atoms with Crippen molar-refractivity contribution in [3.8, 4) is 0 Å². The van der Waals surface area contributed by atoms with Crippen LogP contribution in [0.3, 0.4) is 0 Å². The molecule has 3 aromatic rings. The average Bonchev–Trinajstić information content (AvgIpc) is 2.96. The lowest BCUT2D eigenvalue weighted by Crippen LogP contribution is -1.68. The molecule has 2 aromatic heterocycles. The van der Waals surface area contributed by atoms with Crippen LogP contribution in [0.2, 0.25) is 0 Å². The van der Waals surface area contributed by atoms with E-state index in [1.54, 1.807) is 6.20 Å². The quantitative estimate of drug-likeness (QED) is 0.669. The second-order valence-electron chi connectivity index (χ2n) is 3.65. The van der Waals surface area contributed by atoms with Crippen LogP contribution in [0.5, 0.6) is 0 Å². The van der Waals surface area contributed by atoms with Crippen LogP contribution in [-0.4, -0.2) is 15.2 Å². The van der Waals surface area contributed by atoms with Crippen LogP contribution >= 0.6 is 0 Å². The maximum atomic E-state index is 3.90. The second-order valence-corrected chi connectivity index (χ2v) is 3.65. The van der Waals surface area contributed by atoms with Gasteiger partial charge < -0.3 is 4.98 Å². The minimum absolute atomic E-state index is 1.07. The highest BCUT2D eigenvalue weighted by molar-refractivity contribution is 5.91. The van der Waals surface area contributed by atoms with Crippen LogP contribution in [0.15, 0.2) is 42.9 Å². The summed E-state index contributed by atoms with van der Waals surface area (Å²) >= 11 is 0. The summed E-state index contributed by atoms with van der Waals surface area (Å²) in [4.78, 5) is 3.24. The Morgan fingerprint density at radius 2 is 2.00 bits per heavy atom. The number of fused-ring (bicyclic) bond motifs is 1. The third kappa shape index (κ3) is 1.52. The van der Waals surface area contributed by atoms with E-state index in [2.05, 4.69) is 33.4 Å². The predicted octanol–water partition coefficient (Wildman–Crippen LogP) is 3.06. The fourth-order valence-electron chi connectivity index (χ4n) is 1.77. The van der Waals surface area contributed by atoms with Gasteiger partial charge in [-0.2, -0.15) is 5.10 Å². The highest BCUT2D eigenvalue weighted by Gasteiger charge is 1.98. The van der Waals surface area contributed by atoms with Gasteiger partial charge in [0, 0.05) is 28.9 Å². The molecule has 0 unspecified atom stereocenters. The number of hydrogen-bond donors (Lipinski definition) is 2. The van der Waals surface area contributed by atoms with E-state index in [1.165, 1.54) is 10.9 Å². The molecule has 3 rings (SSSR count). The Morgan fingerprint density at radius 1 is 1.06 bits per heavy atom. The predicted molar refractivity (Wildman–Crippen MR) is 65.8 cm³/mol. The van der Waals surface area contributed by atoms with Gasteiger partial charge in [-0.25, -0.2) is 0 Å². The standard InChI is InChI=1S/C13H11N3/c1-2-4-13-12(3-1)11(9-14-13)6-5-10-7-15-16-8-10/h1-9,14H,(H,15,16)/b6-5+. The van der Waals surface area contributed by atoms with E-state index in [1.807, 2.05) is 30.6 Å². The molecule has 3 heteroatoms. The van der Waals surface area contributed by atoms with Crippen molar-refractivity contribution >= 4 is 23.1 Å². The second kappa shape index (κ2) is 3.70. The molecule has 0 amide bonds. The Kier molecular flexibility index (Phi) is 2.07.